The van der Waals surface area contributed by atoms with E-state index in [0.29, 0.717) is 30.5 Å². The highest BCUT2D eigenvalue weighted by atomic mass is 19.1. The summed E-state index contributed by atoms with van der Waals surface area (Å²) < 4.78 is 48.7. The summed E-state index contributed by atoms with van der Waals surface area (Å²) in [5.41, 5.74) is 2.01. The van der Waals surface area contributed by atoms with E-state index in [9.17, 15) is 32.7 Å². The SMILES string of the molecule is C=Cc1ccccc1C1(Nn2cc(C(=O)NCc3c(F)cc(F)cc3F)c(=O)c(OCc3ccccc3)c2C(=O)O)CCC1. The van der Waals surface area contributed by atoms with E-state index in [1.807, 2.05) is 24.3 Å². The molecule has 8 nitrogen and oxygen atoms in total. The maximum absolute atomic E-state index is 14.2. The number of benzene rings is 3. The normalized spacial score (nSPS) is 13.4. The molecule has 0 bridgehead atoms. The molecule has 0 unspecified atom stereocenters. The van der Waals surface area contributed by atoms with Crippen molar-refractivity contribution in [2.24, 2.45) is 0 Å². The van der Waals surface area contributed by atoms with Gasteiger partial charge in [0.1, 0.15) is 29.6 Å². The van der Waals surface area contributed by atoms with Crippen molar-refractivity contribution in [3.63, 3.8) is 0 Å². The van der Waals surface area contributed by atoms with Gasteiger partial charge in [-0.05, 0) is 36.0 Å². The number of amides is 1. The third kappa shape index (κ3) is 5.94. The van der Waals surface area contributed by atoms with E-state index < -0.39 is 69.4 Å². The number of rotatable bonds is 11. The second kappa shape index (κ2) is 12.5. The highest BCUT2D eigenvalue weighted by molar-refractivity contribution is 5.96. The number of carboxylic acid groups (broad SMARTS) is 1. The molecule has 4 aromatic rings. The summed E-state index contributed by atoms with van der Waals surface area (Å²) >= 11 is 0. The number of hydrogen-bond acceptors (Lipinski definition) is 5. The zero-order valence-electron chi connectivity index (χ0n) is 23.4. The molecular weight excluding hydrogens is 575 g/mol. The standard InChI is InChI=1S/C33H28F3N3O5/c1-2-21-11-6-7-12-25(21)33(13-8-14-33)38-39-18-24(31(41)37-17-23-26(35)15-22(34)16-27(23)36)29(40)30(28(39)32(42)43)44-19-20-9-4-3-5-10-20/h2-7,9-12,15-16,18,38H,1,8,13-14,17,19H2,(H,37,41)(H,42,43). The lowest BCUT2D eigenvalue weighted by Crippen LogP contribution is -2.48. The second-order valence-electron chi connectivity index (χ2n) is 10.4. The molecule has 226 valence electrons. The van der Waals surface area contributed by atoms with E-state index in [4.69, 9.17) is 4.74 Å². The lowest BCUT2D eigenvalue weighted by molar-refractivity contribution is 0.0675. The minimum absolute atomic E-state index is 0.183. The van der Waals surface area contributed by atoms with Crippen molar-refractivity contribution in [1.29, 1.82) is 0 Å². The quantitative estimate of drug-likeness (QED) is 0.202. The Morgan fingerprint density at radius 2 is 1.68 bits per heavy atom. The number of aromatic nitrogens is 1. The van der Waals surface area contributed by atoms with Gasteiger partial charge in [0.05, 0.1) is 5.54 Å². The van der Waals surface area contributed by atoms with E-state index in [1.165, 1.54) is 0 Å². The average Bonchev–Trinajstić information content (AvgIpc) is 2.98. The number of carboxylic acids is 1. The maximum Gasteiger partial charge on any atom is 0.358 e. The Morgan fingerprint density at radius 1 is 1.02 bits per heavy atom. The van der Waals surface area contributed by atoms with Crippen molar-refractivity contribution in [3.05, 3.63) is 141 Å². The van der Waals surface area contributed by atoms with Crippen LogP contribution in [0.3, 0.4) is 0 Å². The number of aromatic carboxylic acids is 1. The van der Waals surface area contributed by atoms with Gasteiger partial charge in [0, 0.05) is 30.4 Å². The molecule has 1 amide bonds. The Morgan fingerprint density at radius 3 is 2.30 bits per heavy atom. The summed E-state index contributed by atoms with van der Waals surface area (Å²) in [6.45, 7) is 2.99. The first kappa shape index (κ1) is 30.1. The third-order valence-corrected chi connectivity index (χ3v) is 7.61. The van der Waals surface area contributed by atoms with Gasteiger partial charge in [0.15, 0.2) is 5.69 Å². The molecule has 1 fully saturated rings. The predicted octanol–water partition coefficient (Wildman–Crippen LogP) is 5.74. The molecule has 1 aliphatic rings. The van der Waals surface area contributed by atoms with Crippen LogP contribution in [-0.4, -0.2) is 21.7 Å². The summed E-state index contributed by atoms with van der Waals surface area (Å²) in [4.78, 5) is 39.6. The number of pyridine rings is 1. The number of hydrogen-bond donors (Lipinski definition) is 3. The van der Waals surface area contributed by atoms with Crippen molar-refractivity contribution in [3.8, 4) is 5.75 Å². The first-order valence-corrected chi connectivity index (χ1v) is 13.7. The molecular formula is C33H28F3N3O5. The van der Waals surface area contributed by atoms with Crippen LogP contribution in [-0.2, 0) is 18.7 Å². The molecule has 3 aromatic carbocycles. The Bertz CT molecular complexity index is 1780. The third-order valence-electron chi connectivity index (χ3n) is 7.61. The van der Waals surface area contributed by atoms with Crippen molar-refractivity contribution < 1.29 is 32.6 Å². The van der Waals surface area contributed by atoms with Crippen LogP contribution in [0.2, 0.25) is 0 Å². The minimum Gasteiger partial charge on any atom is -0.482 e. The topological polar surface area (TPSA) is 110 Å². The van der Waals surface area contributed by atoms with Crippen LogP contribution in [0.4, 0.5) is 13.2 Å². The van der Waals surface area contributed by atoms with Crippen LogP contribution in [0.25, 0.3) is 6.08 Å². The van der Waals surface area contributed by atoms with Crippen LogP contribution in [0.1, 0.15) is 62.4 Å². The first-order chi connectivity index (χ1) is 21.1. The highest BCUT2D eigenvalue weighted by Crippen LogP contribution is 2.44. The fourth-order valence-corrected chi connectivity index (χ4v) is 5.22. The molecule has 44 heavy (non-hydrogen) atoms. The van der Waals surface area contributed by atoms with Gasteiger partial charge in [-0.25, -0.2) is 18.0 Å². The lowest BCUT2D eigenvalue weighted by atomic mass is 9.71. The number of carbonyl (C=O) groups is 2. The fraction of sp³-hybridized carbons (Fsp3) is 0.182. The molecule has 3 N–H and O–H groups in total. The van der Waals surface area contributed by atoms with Crippen LogP contribution in [0.5, 0.6) is 5.75 Å². The summed E-state index contributed by atoms with van der Waals surface area (Å²) in [5.74, 6) is -6.72. The Hall–Kier alpha value is -5.32. The van der Waals surface area contributed by atoms with Crippen LogP contribution >= 0.6 is 0 Å². The summed E-state index contributed by atoms with van der Waals surface area (Å²) in [6, 6.07) is 17.1. The van der Waals surface area contributed by atoms with Crippen molar-refractivity contribution in [1.82, 2.24) is 9.99 Å². The van der Waals surface area contributed by atoms with E-state index in [0.717, 1.165) is 28.4 Å². The molecule has 0 radical (unpaired) electrons. The molecule has 11 heteroatoms. The molecule has 0 saturated heterocycles. The van der Waals surface area contributed by atoms with Gasteiger partial charge >= 0.3 is 5.97 Å². The van der Waals surface area contributed by atoms with Crippen LogP contribution in [0, 0.1) is 17.5 Å². The fourth-order valence-electron chi connectivity index (χ4n) is 5.22. The van der Waals surface area contributed by atoms with Gasteiger partial charge in [-0.15, -0.1) is 0 Å². The van der Waals surface area contributed by atoms with Gasteiger partial charge < -0.3 is 20.6 Å². The molecule has 5 rings (SSSR count). The Balaban J connectivity index is 1.59. The molecule has 1 heterocycles. The summed E-state index contributed by atoms with van der Waals surface area (Å²) in [5, 5.41) is 12.6. The van der Waals surface area contributed by atoms with Gasteiger partial charge in [-0.2, -0.15) is 0 Å². The monoisotopic (exact) mass is 603 g/mol. The van der Waals surface area contributed by atoms with Gasteiger partial charge in [-0.3, -0.25) is 14.3 Å². The molecule has 0 spiro atoms. The van der Waals surface area contributed by atoms with Crippen molar-refractivity contribution >= 4 is 18.0 Å². The summed E-state index contributed by atoms with van der Waals surface area (Å²) in [6.07, 6.45) is 4.74. The van der Waals surface area contributed by atoms with Crippen LogP contribution in [0.15, 0.2) is 84.3 Å². The zero-order chi connectivity index (χ0) is 31.4. The van der Waals surface area contributed by atoms with E-state index in [1.54, 1.807) is 36.4 Å². The number of carbonyl (C=O) groups excluding carboxylic acids is 1. The number of halogens is 3. The highest BCUT2D eigenvalue weighted by Gasteiger charge is 2.41. The molecule has 1 aromatic heterocycles. The van der Waals surface area contributed by atoms with Gasteiger partial charge in [0.25, 0.3) is 5.91 Å². The molecule has 1 aliphatic carbocycles. The van der Waals surface area contributed by atoms with E-state index >= 15 is 0 Å². The van der Waals surface area contributed by atoms with Gasteiger partial charge in [-0.1, -0.05) is 67.3 Å². The smallest absolute Gasteiger partial charge is 0.358 e. The Kier molecular flexibility index (Phi) is 8.57. The lowest BCUT2D eigenvalue weighted by Gasteiger charge is -2.45. The average molecular weight is 604 g/mol. The zero-order valence-corrected chi connectivity index (χ0v) is 23.4. The van der Waals surface area contributed by atoms with Crippen molar-refractivity contribution in [2.45, 2.75) is 38.0 Å². The molecule has 0 aliphatic heterocycles. The predicted molar refractivity (Wildman–Crippen MR) is 157 cm³/mol. The maximum atomic E-state index is 14.2. The van der Waals surface area contributed by atoms with Gasteiger partial charge in [0.2, 0.25) is 11.2 Å². The van der Waals surface area contributed by atoms with Crippen molar-refractivity contribution in [2.75, 3.05) is 5.43 Å². The first-order valence-electron chi connectivity index (χ1n) is 13.7. The minimum atomic E-state index is -1.49. The Labute approximate surface area is 250 Å². The number of nitrogens with one attached hydrogen (secondary N) is 2. The largest absolute Gasteiger partial charge is 0.482 e. The summed E-state index contributed by atoms with van der Waals surface area (Å²) in [7, 11) is 0. The number of nitrogens with zero attached hydrogens (tertiary/aromatic N) is 1. The second-order valence-corrected chi connectivity index (χ2v) is 10.4. The van der Waals surface area contributed by atoms with E-state index in [2.05, 4.69) is 17.3 Å². The van der Waals surface area contributed by atoms with Crippen LogP contribution < -0.4 is 20.9 Å². The van der Waals surface area contributed by atoms with E-state index in [-0.39, 0.29) is 6.61 Å². The molecule has 0 atom stereocenters. The molecule has 1 saturated carbocycles. The number of ether oxygens (including phenoxy) is 1.